The summed E-state index contributed by atoms with van der Waals surface area (Å²) < 4.78 is 5.61. The van der Waals surface area contributed by atoms with Crippen molar-refractivity contribution >= 4 is 24.8 Å². The van der Waals surface area contributed by atoms with Crippen LogP contribution < -0.4 is 5.32 Å². The molecule has 13 heavy (non-hydrogen) atoms. The summed E-state index contributed by atoms with van der Waals surface area (Å²) in [6.07, 6.45) is 1.57. The lowest BCUT2D eigenvalue weighted by molar-refractivity contribution is 0.0461. The summed E-state index contributed by atoms with van der Waals surface area (Å²) >= 11 is 0. The Bertz CT molecular complexity index is 106. The van der Waals surface area contributed by atoms with E-state index in [1.54, 1.807) is 0 Å². The van der Waals surface area contributed by atoms with Crippen LogP contribution in [0.2, 0.25) is 0 Å². The molecule has 1 unspecified atom stereocenters. The summed E-state index contributed by atoms with van der Waals surface area (Å²) in [5.41, 5.74) is 0. The van der Waals surface area contributed by atoms with Gasteiger partial charge in [-0.15, -0.1) is 24.8 Å². The van der Waals surface area contributed by atoms with Crippen LogP contribution in [0.1, 0.15) is 6.42 Å². The topological polar surface area (TPSA) is 24.5 Å². The van der Waals surface area contributed by atoms with E-state index in [1.807, 2.05) is 0 Å². The lowest BCUT2D eigenvalue weighted by Gasteiger charge is -2.18. The van der Waals surface area contributed by atoms with Crippen molar-refractivity contribution in [3.05, 3.63) is 0 Å². The molecule has 1 saturated heterocycles. The minimum atomic E-state index is 0. The molecule has 0 spiro atoms. The lowest BCUT2D eigenvalue weighted by atomic mass is 10.2. The molecule has 3 nitrogen and oxygen atoms in total. The molecular weight excluding hydrogens is 211 g/mol. The molecule has 0 aromatic carbocycles. The van der Waals surface area contributed by atoms with Gasteiger partial charge in [-0.05, 0) is 27.1 Å². The smallest absolute Gasteiger partial charge is 0.0714 e. The summed E-state index contributed by atoms with van der Waals surface area (Å²) in [5.74, 6) is 0. The number of hydrogen-bond donors (Lipinski definition) is 1. The third-order valence-electron chi connectivity index (χ3n) is 1.84. The largest absolute Gasteiger partial charge is 0.376 e. The zero-order valence-corrected chi connectivity index (χ0v) is 9.92. The number of likely N-dealkylation sites (N-methyl/N-ethyl adjacent to an activating group) is 1. The van der Waals surface area contributed by atoms with E-state index in [0.29, 0.717) is 6.10 Å². The van der Waals surface area contributed by atoms with E-state index in [0.717, 1.165) is 32.7 Å². The Morgan fingerprint density at radius 3 is 2.62 bits per heavy atom. The van der Waals surface area contributed by atoms with Crippen LogP contribution in [0.4, 0.5) is 0 Å². The maximum Gasteiger partial charge on any atom is 0.0714 e. The van der Waals surface area contributed by atoms with Gasteiger partial charge in [0.15, 0.2) is 0 Å². The Kier molecular flexibility index (Phi) is 11.1. The van der Waals surface area contributed by atoms with Crippen LogP contribution in [0.25, 0.3) is 0 Å². The molecule has 0 saturated carbocycles. The Morgan fingerprint density at radius 1 is 1.31 bits per heavy atom. The minimum Gasteiger partial charge on any atom is -0.376 e. The van der Waals surface area contributed by atoms with E-state index in [-0.39, 0.29) is 24.8 Å². The van der Waals surface area contributed by atoms with Gasteiger partial charge in [-0.3, -0.25) is 0 Å². The van der Waals surface area contributed by atoms with Crippen LogP contribution in [-0.2, 0) is 4.74 Å². The van der Waals surface area contributed by atoms with Crippen LogP contribution in [0.15, 0.2) is 0 Å². The fraction of sp³-hybridized carbons (Fsp3) is 1.00. The zero-order valence-electron chi connectivity index (χ0n) is 8.28. The molecule has 1 N–H and O–H groups in total. The first-order valence-corrected chi connectivity index (χ1v) is 4.26. The Balaban J connectivity index is 0. The molecule has 0 bridgehead atoms. The van der Waals surface area contributed by atoms with E-state index in [2.05, 4.69) is 24.3 Å². The quantitative estimate of drug-likeness (QED) is 0.759. The molecule has 1 fully saturated rings. The van der Waals surface area contributed by atoms with E-state index in [4.69, 9.17) is 4.74 Å². The molecule has 1 heterocycles. The van der Waals surface area contributed by atoms with E-state index in [9.17, 15) is 0 Å². The van der Waals surface area contributed by atoms with Gasteiger partial charge >= 0.3 is 0 Å². The molecule has 1 rings (SSSR count). The van der Waals surface area contributed by atoms with Crippen molar-refractivity contribution < 1.29 is 4.74 Å². The molecule has 0 aromatic rings. The third kappa shape index (κ3) is 7.52. The fourth-order valence-corrected chi connectivity index (χ4v) is 1.32. The maximum absolute atomic E-state index is 5.61. The van der Waals surface area contributed by atoms with Crippen LogP contribution in [0.3, 0.4) is 0 Å². The first-order valence-electron chi connectivity index (χ1n) is 4.26. The first kappa shape index (κ1) is 15.9. The second-order valence-electron chi connectivity index (χ2n) is 3.29. The Hall–Kier alpha value is 0.460. The van der Waals surface area contributed by atoms with Gasteiger partial charge < -0.3 is 15.0 Å². The number of ether oxygens (including phenoxy) is 1. The van der Waals surface area contributed by atoms with Gasteiger partial charge in [0.05, 0.1) is 12.7 Å². The highest BCUT2D eigenvalue weighted by Gasteiger charge is 2.12. The van der Waals surface area contributed by atoms with Crippen LogP contribution in [-0.4, -0.2) is 51.3 Å². The van der Waals surface area contributed by atoms with Gasteiger partial charge in [-0.1, -0.05) is 0 Å². The van der Waals surface area contributed by atoms with Gasteiger partial charge in [-0.25, -0.2) is 0 Å². The number of halogens is 2. The van der Waals surface area contributed by atoms with Crippen molar-refractivity contribution in [2.24, 2.45) is 0 Å². The molecule has 0 aliphatic carbocycles. The molecule has 1 aliphatic heterocycles. The Morgan fingerprint density at radius 2 is 2.00 bits per heavy atom. The lowest BCUT2D eigenvalue weighted by Crippen LogP contribution is -2.28. The highest BCUT2D eigenvalue weighted by molar-refractivity contribution is 5.85. The second-order valence-corrected chi connectivity index (χ2v) is 3.29. The average Bonchev–Trinajstić information content (AvgIpc) is 2.14. The zero-order chi connectivity index (χ0) is 8.10. The molecule has 5 heteroatoms. The van der Waals surface area contributed by atoms with Crippen molar-refractivity contribution in [1.29, 1.82) is 0 Å². The molecular formula is C8H20Cl2N2O. The molecule has 1 aliphatic rings. The SMILES string of the molecule is CN(C)CC1CCNCCO1.Cl.Cl. The number of hydrogen-bond acceptors (Lipinski definition) is 3. The van der Waals surface area contributed by atoms with Crippen molar-refractivity contribution in [1.82, 2.24) is 10.2 Å². The number of nitrogens with zero attached hydrogens (tertiary/aromatic N) is 1. The maximum atomic E-state index is 5.61. The van der Waals surface area contributed by atoms with Crippen molar-refractivity contribution in [2.75, 3.05) is 40.3 Å². The predicted molar refractivity (Wildman–Crippen MR) is 60.3 cm³/mol. The first-order chi connectivity index (χ1) is 5.29. The van der Waals surface area contributed by atoms with E-state index in [1.165, 1.54) is 0 Å². The third-order valence-corrected chi connectivity index (χ3v) is 1.84. The molecule has 0 radical (unpaired) electrons. The monoisotopic (exact) mass is 230 g/mol. The van der Waals surface area contributed by atoms with Crippen LogP contribution in [0.5, 0.6) is 0 Å². The van der Waals surface area contributed by atoms with Gasteiger partial charge in [-0.2, -0.15) is 0 Å². The molecule has 82 valence electrons. The Labute approximate surface area is 93.0 Å². The van der Waals surface area contributed by atoms with Gasteiger partial charge in [0.2, 0.25) is 0 Å². The normalized spacial score (nSPS) is 22.8. The van der Waals surface area contributed by atoms with Crippen molar-refractivity contribution in [3.63, 3.8) is 0 Å². The predicted octanol–water partition coefficient (Wildman–Crippen LogP) is 0.770. The number of rotatable bonds is 2. The van der Waals surface area contributed by atoms with Gasteiger partial charge in [0.1, 0.15) is 0 Å². The summed E-state index contributed by atoms with van der Waals surface area (Å²) in [4.78, 5) is 2.18. The minimum absolute atomic E-state index is 0. The van der Waals surface area contributed by atoms with Crippen LogP contribution >= 0.6 is 24.8 Å². The molecule has 1 atom stereocenters. The molecule has 0 aromatic heterocycles. The van der Waals surface area contributed by atoms with Crippen molar-refractivity contribution in [3.8, 4) is 0 Å². The van der Waals surface area contributed by atoms with E-state index < -0.39 is 0 Å². The fourth-order valence-electron chi connectivity index (χ4n) is 1.32. The summed E-state index contributed by atoms with van der Waals surface area (Å²) in [7, 11) is 4.17. The molecule has 0 amide bonds. The second kappa shape index (κ2) is 9.03. The number of nitrogens with one attached hydrogen (secondary N) is 1. The van der Waals surface area contributed by atoms with E-state index >= 15 is 0 Å². The standard InChI is InChI=1S/C8H18N2O.2ClH/c1-10(2)7-8-3-4-9-5-6-11-8;;/h8-9H,3-7H2,1-2H3;2*1H. The summed E-state index contributed by atoms with van der Waals surface area (Å²) in [5, 5.41) is 3.31. The van der Waals surface area contributed by atoms with Gasteiger partial charge in [0, 0.05) is 13.1 Å². The summed E-state index contributed by atoms with van der Waals surface area (Å²) in [6.45, 7) is 4.00. The average molecular weight is 231 g/mol. The van der Waals surface area contributed by atoms with Gasteiger partial charge in [0.25, 0.3) is 0 Å². The van der Waals surface area contributed by atoms with Crippen molar-refractivity contribution in [2.45, 2.75) is 12.5 Å². The van der Waals surface area contributed by atoms with Crippen LogP contribution in [0, 0.1) is 0 Å². The highest BCUT2D eigenvalue weighted by Crippen LogP contribution is 2.01. The summed E-state index contributed by atoms with van der Waals surface area (Å²) in [6, 6.07) is 0. The highest BCUT2D eigenvalue weighted by atomic mass is 35.5.